The van der Waals surface area contributed by atoms with Gasteiger partial charge < -0.3 is 14.2 Å². The van der Waals surface area contributed by atoms with Gasteiger partial charge in [0.1, 0.15) is 36.5 Å². The third-order valence-corrected chi connectivity index (χ3v) is 3.06. The van der Waals surface area contributed by atoms with Gasteiger partial charge in [-0.05, 0) is 24.3 Å². The van der Waals surface area contributed by atoms with Gasteiger partial charge in [-0.1, -0.05) is 23.7 Å². The third kappa shape index (κ3) is 4.04. The largest absolute Gasteiger partial charge is 0.497 e. The van der Waals surface area contributed by atoms with Crippen LogP contribution in [0, 0.1) is 11.3 Å². The average Bonchev–Trinajstić information content (AvgIpc) is 2.52. The summed E-state index contributed by atoms with van der Waals surface area (Å²) in [5, 5.41) is 9.59. The normalized spacial score (nSPS) is 9.76. The van der Waals surface area contributed by atoms with E-state index in [9.17, 15) is 0 Å². The fourth-order valence-electron chi connectivity index (χ4n) is 1.71. The van der Waals surface area contributed by atoms with Crippen LogP contribution in [0.1, 0.15) is 5.56 Å². The van der Waals surface area contributed by atoms with Crippen LogP contribution in [0.4, 0.5) is 0 Å². The topological polar surface area (TPSA) is 51.5 Å². The fourth-order valence-corrected chi connectivity index (χ4v) is 1.90. The molecule has 0 aliphatic carbocycles. The van der Waals surface area contributed by atoms with E-state index in [-0.39, 0.29) is 0 Å². The Balaban J connectivity index is 1.92. The van der Waals surface area contributed by atoms with Crippen molar-refractivity contribution < 1.29 is 14.2 Å². The van der Waals surface area contributed by atoms with E-state index in [2.05, 4.69) is 6.07 Å². The lowest BCUT2D eigenvalue weighted by molar-refractivity contribution is 0.216. The minimum Gasteiger partial charge on any atom is -0.497 e. The Morgan fingerprint density at radius 3 is 2.43 bits per heavy atom. The van der Waals surface area contributed by atoms with Gasteiger partial charge >= 0.3 is 0 Å². The first-order chi connectivity index (χ1) is 10.2. The maximum atomic E-state index is 9.03. The number of hydrogen-bond acceptors (Lipinski definition) is 4. The highest BCUT2D eigenvalue weighted by Gasteiger charge is 2.06. The Morgan fingerprint density at radius 2 is 1.76 bits per heavy atom. The van der Waals surface area contributed by atoms with Crippen molar-refractivity contribution in [2.75, 3.05) is 20.3 Å². The molecule has 0 spiro atoms. The van der Waals surface area contributed by atoms with E-state index in [1.807, 2.05) is 12.1 Å². The molecular formula is C16H14ClNO3. The van der Waals surface area contributed by atoms with Crippen LogP contribution >= 0.6 is 11.6 Å². The summed E-state index contributed by atoms with van der Waals surface area (Å²) in [7, 11) is 1.56. The van der Waals surface area contributed by atoms with Crippen molar-refractivity contribution >= 4 is 11.6 Å². The first kappa shape index (κ1) is 15.0. The zero-order chi connectivity index (χ0) is 15.1. The number of ether oxygens (including phenoxy) is 3. The molecule has 21 heavy (non-hydrogen) atoms. The molecule has 0 fully saturated rings. The van der Waals surface area contributed by atoms with Gasteiger partial charge in [-0.25, -0.2) is 0 Å². The lowest BCUT2D eigenvalue weighted by Crippen LogP contribution is -2.10. The lowest BCUT2D eigenvalue weighted by Gasteiger charge is -2.11. The predicted molar refractivity (Wildman–Crippen MR) is 80.2 cm³/mol. The van der Waals surface area contributed by atoms with Crippen LogP contribution < -0.4 is 14.2 Å². The molecule has 0 heterocycles. The SMILES string of the molecule is COc1ccc(C#N)c(OCCOc2ccccc2Cl)c1. The zero-order valence-electron chi connectivity index (χ0n) is 11.5. The van der Waals surface area contributed by atoms with Crippen LogP contribution in [0.3, 0.4) is 0 Å². The van der Waals surface area contributed by atoms with E-state index in [1.165, 1.54) is 0 Å². The molecule has 0 aliphatic heterocycles. The second-order valence-electron chi connectivity index (χ2n) is 4.10. The van der Waals surface area contributed by atoms with Crippen molar-refractivity contribution in [2.45, 2.75) is 0 Å². The van der Waals surface area contributed by atoms with Gasteiger partial charge in [-0.3, -0.25) is 0 Å². The molecule has 108 valence electrons. The number of rotatable bonds is 6. The molecule has 5 heteroatoms. The Labute approximate surface area is 128 Å². The van der Waals surface area contributed by atoms with Gasteiger partial charge in [0.05, 0.1) is 17.7 Å². The zero-order valence-corrected chi connectivity index (χ0v) is 12.3. The average molecular weight is 304 g/mol. The summed E-state index contributed by atoms with van der Waals surface area (Å²) in [4.78, 5) is 0. The van der Waals surface area contributed by atoms with E-state index in [0.29, 0.717) is 41.0 Å². The molecule has 0 saturated heterocycles. The number of nitriles is 1. The Bertz CT molecular complexity index is 652. The van der Waals surface area contributed by atoms with Crippen LogP contribution in [0.2, 0.25) is 5.02 Å². The van der Waals surface area contributed by atoms with Gasteiger partial charge in [0.15, 0.2) is 0 Å². The minimum absolute atomic E-state index is 0.299. The summed E-state index contributed by atoms with van der Waals surface area (Å²) in [5.41, 5.74) is 0.452. The predicted octanol–water partition coefficient (Wildman–Crippen LogP) is 3.68. The fraction of sp³-hybridized carbons (Fsp3) is 0.188. The van der Waals surface area contributed by atoms with E-state index in [0.717, 1.165) is 0 Å². The minimum atomic E-state index is 0.299. The number of nitrogens with zero attached hydrogens (tertiary/aromatic N) is 1. The van der Waals surface area contributed by atoms with E-state index in [4.69, 9.17) is 31.1 Å². The molecule has 4 nitrogen and oxygen atoms in total. The Kier molecular flexibility index (Phi) is 5.30. The van der Waals surface area contributed by atoms with Crippen molar-refractivity contribution in [1.82, 2.24) is 0 Å². The molecule has 0 bridgehead atoms. The van der Waals surface area contributed by atoms with Crippen molar-refractivity contribution in [3.8, 4) is 23.3 Å². The molecule has 0 radical (unpaired) electrons. The van der Waals surface area contributed by atoms with E-state index >= 15 is 0 Å². The van der Waals surface area contributed by atoms with Gasteiger partial charge in [-0.2, -0.15) is 5.26 Å². The molecule has 0 unspecified atom stereocenters. The van der Waals surface area contributed by atoms with Crippen molar-refractivity contribution in [3.05, 3.63) is 53.1 Å². The highest BCUT2D eigenvalue weighted by molar-refractivity contribution is 6.32. The van der Waals surface area contributed by atoms with Crippen molar-refractivity contribution in [2.24, 2.45) is 0 Å². The molecule has 0 saturated carbocycles. The smallest absolute Gasteiger partial charge is 0.140 e. The molecule has 2 rings (SSSR count). The summed E-state index contributed by atoms with van der Waals surface area (Å²) in [5.74, 6) is 1.71. The van der Waals surface area contributed by atoms with Crippen LogP contribution in [-0.2, 0) is 0 Å². The van der Waals surface area contributed by atoms with Crippen LogP contribution in [0.5, 0.6) is 17.2 Å². The highest BCUT2D eigenvalue weighted by Crippen LogP contribution is 2.25. The molecule has 0 aliphatic rings. The number of halogens is 1. The summed E-state index contributed by atoms with van der Waals surface area (Å²) in [6, 6.07) is 14.3. The summed E-state index contributed by atoms with van der Waals surface area (Å²) in [6.45, 7) is 0.624. The molecule has 2 aromatic rings. The maximum absolute atomic E-state index is 9.03. The van der Waals surface area contributed by atoms with Crippen molar-refractivity contribution in [1.29, 1.82) is 5.26 Å². The molecule has 0 atom stereocenters. The standard InChI is InChI=1S/C16H14ClNO3/c1-19-13-7-6-12(11-18)16(10-13)21-9-8-20-15-5-3-2-4-14(15)17/h2-7,10H,8-9H2,1H3. The van der Waals surface area contributed by atoms with Crippen LogP contribution in [0.15, 0.2) is 42.5 Å². The van der Waals surface area contributed by atoms with Gasteiger partial charge in [0.25, 0.3) is 0 Å². The second kappa shape index (κ2) is 7.41. The second-order valence-corrected chi connectivity index (χ2v) is 4.51. The van der Waals surface area contributed by atoms with Crippen LogP contribution in [-0.4, -0.2) is 20.3 Å². The van der Waals surface area contributed by atoms with Crippen LogP contribution in [0.25, 0.3) is 0 Å². The van der Waals surface area contributed by atoms with Crippen molar-refractivity contribution in [3.63, 3.8) is 0 Å². The molecule has 0 N–H and O–H groups in total. The van der Waals surface area contributed by atoms with Gasteiger partial charge in [-0.15, -0.1) is 0 Å². The van der Waals surface area contributed by atoms with Gasteiger partial charge in [0, 0.05) is 6.07 Å². The number of methoxy groups -OCH3 is 1. The third-order valence-electron chi connectivity index (χ3n) is 2.74. The molecule has 2 aromatic carbocycles. The highest BCUT2D eigenvalue weighted by atomic mass is 35.5. The first-order valence-electron chi connectivity index (χ1n) is 6.33. The summed E-state index contributed by atoms with van der Waals surface area (Å²) in [6.07, 6.45) is 0. The van der Waals surface area contributed by atoms with E-state index < -0.39 is 0 Å². The van der Waals surface area contributed by atoms with Gasteiger partial charge in [0.2, 0.25) is 0 Å². The summed E-state index contributed by atoms with van der Waals surface area (Å²) < 4.78 is 16.2. The number of hydrogen-bond donors (Lipinski definition) is 0. The number of para-hydroxylation sites is 1. The quantitative estimate of drug-likeness (QED) is 0.764. The van der Waals surface area contributed by atoms with E-state index in [1.54, 1.807) is 37.4 Å². The molecule has 0 amide bonds. The molecular weight excluding hydrogens is 290 g/mol. The maximum Gasteiger partial charge on any atom is 0.140 e. The molecule has 0 aromatic heterocycles. The monoisotopic (exact) mass is 303 g/mol. The number of benzene rings is 2. The lowest BCUT2D eigenvalue weighted by atomic mass is 10.2. The Hall–Kier alpha value is -2.38. The Morgan fingerprint density at radius 1 is 1.05 bits per heavy atom. The summed E-state index contributed by atoms with van der Waals surface area (Å²) >= 11 is 5.98. The first-order valence-corrected chi connectivity index (χ1v) is 6.70.